The molecule has 1 fully saturated rings. The maximum absolute atomic E-state index is 14.1. The van der Waals surface area contributed by atoms with Gasteiger partial charge in [0, 0.05) is 0 Å². The van der Waals surface area contributed by atoms with Crippen molar-refractivity contribution in [3.63, 3.8) is 0 Å². The van der Waals surface area contributed by atoms with E-state index in [1.54, 1.807) is 0 Å². The van der Waals surface area contributed by atoms with E-state index in [-0.39, 0.29) is 0 Å². The number of rotatable bonds is 6. The van der Waals surface area contributed by atoms with Gasteiger partial charge in [-0.1, -0.05) is 0 Å². The van der Waals surface area contributed by atoms with Gasteiger partial charge in [0.05, 0.1) is 0 Å². The monoisotopic (exact) mass is 616 g/mol. The molecule has 1 nitrogen and oxygen atoms in total. The Labute approximate surface area is 183 Å². The minimum atomic E-state index is -9.62. The van der Waals surface area contributed by atoms with Crippen molar-refractivity contribution in [2.45, 2.75) is 71.4 Å². The van der Waals surface area contributed by atoms with Crippen LogP contribution >= 0.6 is 0 Å². The lowest BCUT2D eigenvalue weighted by Crippen LogP contribution is -2.83. The van der Waals surface area contributed by atoms with Gasteiger partial charge in [0.25, 0.3) is 5.60 Å². The fourth-order valence-electron chi connectivity index (χ4n) is 2.64. The molecule has 0 atom stereocenters. The third-order valence-electron chi connectivity index (χ3n) is 4.66. The minimum absolute atomic E-state index is 1.19. The molecule has 0 amide bonds. The highest BCUT2D eigenvalue weighted by Crippen LogP contribution is 2.74. The average molecular weight is 616 g/mol. The zero-order valence-electron chi connectivity index (χ0n) is 15.5. The van der Waals surface area contributed by atoms with Gasteiger partial charge >= 0.3 is 65.8 Å². The quantitative estimate of drug-likeness (QED) is 0.280. The van der Waals surface area contributed by atoms with Crippen LogP contribution in [-0.2, 0) is 4.74 Å². The Morgan fingerprint density at radius 1 is 0.351 bits per heavy atom. The third kappa shape index (κ3) is 3.35. The highest BCUT2D eigenvalue weighted by molar-refractivity contribution is 5.30. The number of halogens is 24. The van der Waals surface area contributed by atoms with Gasteiger partial charge in [-0.05, 0) is 0 Å². The summed E-state index contributed by atoms with van der Waals surface area (Å²) in [5, 5.41) is 0. The summed E-state index contributed by atoms with van der Waals surface area (Å²) in [5.74, 6) is -73.0. The fourth-order valence-corrected chi connectivity index (χ4v) is 2.64. The summed E-state index contributed by atoms with van der Waals surface area (Å²) in [6.45, 7) is 0. The molecule has 0 radical (unpaired) electrons. The topological polar surface area (TPSA) is 9.23 Å². The van der Waals surface area contributed by atoms with Crippen molar-refractivity contribution >= 4 is 0 Å². The molecule has 222 valence electrons. The van der Waals surface area contributed by atoms with Crippen LogP contribution in [0.1, 0.15) is 0 Å². The molecule has 0 N–H and O–H groups in total. The van der Waals surface area contributed by atoms with Crippen molar-refractivity contribution in [1.82, 2.24) is 0 Å². The second kappa shape index (κ2) is 7.47. The SMILES string of the molecule is FC(F)(F)C(F)(F)C(F)(F)C(F)(F)C1(C(F)(F)C(F)(F)C(F)(F)C(F)(F)F)OC(F)(F)C(F)(F)C1(F)F. The first-order valence-electron chi connectivity index (χ1n) is 7.69. The van der Waals surface area contributed by atoms with E-state index in [0.717, 1.165) is 0 Å². The summed E-state index contributed by atoms with van der Waals surface area (Å²) >= 11 is 0. The average Bonchev–Trinajstić information content (AvgIpc) is 2.73. The molecule has 37 heavy (non-hydrogen) atoms. The lowest BCUT2D eigenvalue weighted by molar-refractivity contribution is -0.492. The Hall–Kier alpha value is -1.72. The van der Waals surface area contributed by atoms with Gasteiger partial charge in [-0.25, -0.2) is 0 Å². The molecule has 25 heteroatoms. The number of ether oxygens (including phenoxy) is 1. The number of alkyl halides is 24. The van der Waals surface area contributed by atoms with E-state index in [9.17, 15) is 105 Å². The molecule has 1 aliphatic rings. The van der Waals surface area contributed by atoms with Crippen molar-refractivity contribution in [2.75, 3.05) is 0 Å². The highest BCUT2D eigenvalue weighted by atomic mass is 19.4. The largest absolute Gasteiger partial charge is 0.460 e. The van der Waals surface area contributed by atoms with Crippen LogP contribution in [0.15, 0.2) is 0 Å². The van der Waals surface area contributed by atoms with E-state index in [0.29, 0.717) is 0 Å². The molecular weight excluding hydrogens is 616 g/mol. The van der Waals surface area contributed by atoms with Gasteiger partial charge in [-0.2, -0.15) is 105 Å². The lowest BCUT2D eigenvalue weighted by Gasteiger charge is -2.49. The van der Waals surface area contributed by atoms with E-state index in [2.05, 4.69) is 0 Å². The molecule has 1 heterocycles. The van der Waals surface area contributed by atoms with Crippen LogP contribution in [0.2, 0.25) is 0 Å². The summed E-state index contributed by atoms with van der Waals surface area (Å²) < 4.78 is 318. The van der Waals surface area contributed by atoms with Crippen molar-refractivity contribution in [1.29, 1.82) is 0 Å². The summed E-state index contributed by atoms with van der Waals surface area (Å²) in [6.07, 6.45) is -24.7. The van der Waals surface area contributed by atoms with Crippen LogP contribution in [0.3, 0.4) is 0 Å². The first-order chi connectivity index (χ1) is 15.5. The lowest BCUT2D eigenvalue weighted by atomic mass is 9.73. The van der Waals surface area contributed by atoms with Gasteiger partial charge in [0.1, 0.15) is 0 Å². The molecule has 0 aliphatic carbocycles. The normalized spacial score (nSPS) is 23.4. The molecular formula is C12F24O. The fraction of sp³-hybridized carbons (Fsp3) is 1.00. The van der Waals surface area contributed by atoms with Gasteiger partial charge in [-0.3, -0.25) is 4.74 Å². The predicted molar refractivity (Wildman–Crippen MR) is 60.4 cm³/mol. The third-order valence-corrected chi connectivity index (χ3v) is 4.66. The minimum Gasteiger partial charge on any atom is -0.289 e. The molecule has 1 aliphatic heterocycles. The Bertz CT molecular complexity index is 836. The van der Waals surface area contributed by atoms with Crippen LogP contribution in [0, 0.1) is 0 Å². The molecule has 1 rings (SSSR count). The Morgan fingerprint density at radius 2 is 0.595 bits per heavy atom. The van der Waals surface area contributed by atoms with Gasteiger partial charge in [0.2, 0.25) is 0 Å². The highest BCUT2D eigenvalue weighted by Gasteiger charge is 3.07. The first-order valence-corrected chi connectivity index (χ1v) is 7.69. The maximum Gasteiger partial charge on any atom is 0.460 e. The Balaban J connectivity index is 4.45. The molecule has 1 saturated heterocycles. The smallest absolute Gasteiger partial charge is 0.289 e. The predicted octanol–water partition coefficient (Wildman–Crippen LogP) is 7.56. The van der Waals surface area contributed by atoms with Crippen molar-refractivity contribution in [3.8, 4) is 0 Å². The van der Waals surface area contributed by atoms with Gasteiger partial charge in [-0.15, -0.1) is 0 Å². The first kappa shape index (κ1) is 33.3. The van der Waals surface area contributed by atoms with Crippen molar-refractivity contribution < 1.29 is 110 Å². The second-order valence-corrected chi connectivity index (χ2v) is 6.89. The standard InChI is InChI=1S/C12F24O/c13-2(14,5(19,20)7(23,24)10(29,30)31)1(4(17,18)9(27,28)12(35,36)37-1)3(15,16)6(21,22)8(25,26)11(32,33)34. The molecule has 0 unspecified atom stereocenters. The molecule has 0 aromatic rings. The summed E-state index contributed by atoms with van der Waals surface area (Å²) in [5.41, 5.74) is -9.39. The van der Waals surface area contributed by atoms with E-state index < -0.39 is 71.4 Å². The number of hydrogen-bond acceptors (Lipinski definition) is 1. The Morgan fingerprint density at radius 3 is 0.757 bits per heavy atom. The van der Waals surface area contributed by atoms with Crippen LogP contribution in [0.25, 0.3) is 0 Å². The van der Waals surface area contributed by atoms with Crippen LogP contribution in [0.5, 0.6) is 0 Å². The van der Waals surface area contributed by atoms with E-state index in [1.807, 2.05) is 0 Å². The van der Waals surface area contributed by atoms with Crippen LogP contribution < -0.4 is 0 Å². The zero-order valence-corrected chi connectivity index (χ0v) is 15.5. The Kier molecular flexibility index (Phi) is 6.73. The van der Waals surface area contributed by atoms with E-state index in [1.165, 1.54) is 4.74 Å². The van der Waals surface area contributed by atoms with E-state index in [4.69, 9.17) is 0 Å². The summed E-state index contributed by atoms with van der Waals surface area (Å²) in [4.78, 5) is 0. The second-order valence-electron chi connectivity index (χ2n) is 6.89. The van der Waals surface area contributed by atoms with Crippen molar-refractivity contribution in [2.24, 2.45) is 0 Å². The molecule has 0 spiro atoms. The molecule has 0 aromatic heterocycles. The number of hydrogen-bond donors (Lipinski definition) is 0. The molecule has 0 saturated carbocycles. The molecule has 0 aromatic carbocycles. The zero-order chi connectivity index (χ0) is 30.7. The summed E-state index contributed by atoms with van der Waals surface area (Å²) in [7, 11) is 0. The van der Waals surface area contributed by atoms with Crippen LogP contribution in [-0.4, -0.2) is 71.4 Å². The van der Waals surface area contributed by atoms with E-state index >= 15 is 0 Å². The molecule has 0 bridgehead atoms. The van der Waals surface area contributed by atoms with Crippen molar-refractivity contribution in [3.05, 3.63) is 0 Å². The maximum atomic E-state index is 14.1. The van der Waals surface area contributed by atoms with Gasteiger partial charge < -0.3 is 0 Å². The van der Waals surface area contributed by atoms with Crippen LogP contribution in [0.4, 0.5) is 105 Å². The summed E-state index contributed by atoms with van der Waals surface area (Å²) in [6, 6.07) is 0. The van der Waals surface area contributed by atoms with Gasteiger partial charge in [0.15, 0.2) is 0 Å².